The summed E-state index contributed by atoms with van der Waals surface area (Å²) in [4.78, 5) is 27.4. The number of carbonyl (C=O) groups excluding carboxylic acids is 1. The molecule has 0 spiro atoms. The van der Waals surface area contributed by atoms with Gasteiger partial charge in [-0.05, 0) is 30.2 Å². The lowest BCUT2D eigenvalue weighted by Gasteiger charge is -2.27. The zero-order valence-corrected chi connectivity index (χ0v) is 12.2. The summed E-state index contributed by atoms with van der Waals surface area (Å²) in [6.45, 7) is 0. The van der Waals surface area contributed by atoms with Gasteiger partial charge in [-0.1, -0.05) is 12.1 Å². The van der Waals surface area contributed by atoms with E-state index in [-0.39, 0.29) is 23.5 Å². The molecule has 0 saturated heterocycles. The van der Waals surface area contributed by atoms with Gasteiger partial charge in [-0.3, -0.25) is 9.78 Å². The van der Waals surface area contributed by atoms with Gasteiger partial charge in [-0.2, -0.15) is 0 Å². The lowest BCUT2D eigenvalue weighted by molar-refractivity contribution is 0.0693. The topological polar surface area (TPSA) is 96.7 Å². The van der Waals surface area contributed by atoms with Crippen molar-refractivity contribution in [3.8, 4) is 5.75 Å². The second kappa shape index (κ2) is 6.22. The van der Waals surface area contributed by atoms with Crippen LogP contribution < -0.4 is 4.65 Å². The minimum absolute atomic E-state index is 0.0126. The molecule has 1 aromatic heterocycles. The molecule has 7 heteroatoms. The largest absolute Gasteiger partial charge is 0.535 e. The van der Waals surface area contributed by atoms with Crippen molar-refractivity contribution in [1.82, 2.24) is 4.98 Å². The number of rotatable bonds is 4. The molecular weight excluding hydrogens is 297 g/mol. The molecule has 1 aromatic carbocycles. The number of carboxylic acids is 1. The SMILES string of the molecule is O=C(C[C@H]1Cc2cccc(C(=O)O)c2OB1O)c1cccnc1. The standard InChI is InChI=1S/C16H14BNO5/c19-14(11-4-2-6-18-9-11)8-12-7-10-3-1-5-13(16(20)21)15(10)23-17(12)22/h1-6,9,12,22H,7-8H2,(H,20,21)/t12-/m1/s1. The van der Waals surface area contributed by atoms with Gasteiger partial charge in [0.05, 0.1) is 5.56 Å². The van der Waals surface area contributed by atoms with Gasteiger partial charge < -0.3 is 14.8 Å². The molecule has 3 rings (SSSR count). The van der Waals surface area contributed by atoms with E-state index in [0.717, 1.165) is 0 Å². The fourth-order valence-electron chi connectivity index (χ4n) is 2.71. The van der Waals surface area contributed by atoms with E-state index in [0.29, 0.717) is 17.5 Å². The summed E-state index contributed by atoms with van der Waals surface area (Å²) in [6.07, 6.45) is 3.54. The Bertz CT molecular complexity index is 749. The van der Waals surface area contributed by atoms with E-state index in [4.69, 9.17) is 9.76 Å². The van der Waals surface area contributed by atoms with Crippen molar-refractivity contribution < 1.29 is 24.4 Å². The van der Waals surface area contributed by atoms with Gasteiger partial charge in [0, 0.05) is 30.2 Å². The third-order valence-electron chi connectivity index (χ3n) is 3.88. The Balaban J connectivity index is 1.81. The molecule has 0 radical (unpaired) electrons. The van der Waals surface area contributed by atoms with Crippen LogP contribution in [0, 0.1) is 0 Å². The van der Waals surface area contributed by atoms with Gasteiger partial charge in [0.25, 0.3) is 0 Å². The highest BCUT2D eigenvalue weighted by atomic mass is 16.5. The van der Waals surface area contributed by atoms with Crippen LogP contribution in [-0.2, 0) is 6.42 Å². The highest BCUT2D eigenvalue weighted by Crippen LogP contribution is 2.36. The predicted molar refractivity (Wildman–Crippen MR) is 82.6 cm³/mol. The number of pyridine rings is 1. The molecule has 23 heavy (non-hydrogen) atoms. The van der Waals surface area contributed by atoms with Crippen molar-refractivity contribution in [2.75, 3.05) is 0 Å². The molecular formula is C16H14BNO5. The average Bonchev–Trinajstić information content (AvgIpc) is 2.55. The summed E-state index contributed by atoms with van der Waals surface area (Å²) in [5.74, 6) is -1.50. The molecule has 0 fully saturated rings. The van der Waals surface area contributed by atoms with Crippen LogP contribution in [0.1, 0.15) is 32.7 Å². The molecule has 2 N–H and O–H groups in total. The van der Waals surface area contributed by atoms with Crippen molar-refractivity contribution in [3.63, 3.8) is 0 Å². The highest BCUT2D eigenvalue weighted by molar-refractivity contribution is 6.47. The minimum atomic E-state index is -1.22. The number of benzene rings is 1. The van der Waals surface area contributed by atoms with Crippen molar-refractivity contribution in [2.45, 2.75) is 18.7 Å². The van der Waals surface area contributed by atoms with Crippen LogP contribution in [0.3, 0.4) is 0 Å². The molecule has 0 saturated carbocycles. The number of hydrogen-bond acceptors (Lipinski definition) is 5. The van der Waals surface area contributed by atoms with Gasteiger partial charge in [-0.15, -0.1) is 0 Å². The van der Waals surface area contributed by atoms with Crippen molar-refractivity contribution in [1.29, 1.82) is 0 Å². The summed E-state index contributed by atoms with van der Waals surface area (Å²) in [7, 11) is -1.22. The normalized spacial score (nSPS) is 16.4. The van der Waals surface area contributed by atoms with Crippen LogP contribution in [0.4, 0.5) is 0 Å². The van der Waals surface area contributed by atoms with Crippen molar-refractivity contribution in [3.05, 3.63) is 59.4 Å². The van der Waals surface area contributed by atoms with Crippen LogP contribution in [-0.4, -0.2) is 34.0 Å². The van der Waals surface area contributed by atoms with E-state index in [1.54, 1.807) is 30.5 Å². The number of aromatic carboxylic acids is 1. The Morgan fingerprint density at radius 3 is 2.83 bits per heavy atom. The highest BCUT2D eigenvalue weighted by Gasteiger charge is 2.37. The quantitative estimate of drug-likeness (QED) is 0.660. The lowest BCUT2D eigenvalue weighted by atomic mass is 9.64. The lowest BCUT2D eigenvalue weighted by Crippen LogP contribution is -2.35. The fraction of sp³-hybridized carbons (Fsp3) is 0.188. The summed E-state index contributed by atoms with van der Waals surface area (Å²) in [5.41, 5.74) is 1.17. The molecule has 1 aliphatic heterocycles. The van der Waals surface area contributed by atoms with Gasteiger partial charge in [0.1, 0.15) is 5.75 Å². The predicted octanol–water partition coefficient (Wildman–Crippen LogP) is 1.84. The molecule has 116 valence electrons. The van der Waals surface area contributed by atoms with Crippen LogP contribution in [0.2, 0.25) is 5.82 Å². The fourth-order valence-corrected chi connectivity index (χ4v) is 2.71. The van der Waals surface area contributed by atoms with Gasteiger partial charge in [0.2, 0.25) is 0 Å². The maximum absolute atomic E-state index is 12.2. The minimum Gasteiger partial charge on any atom is -0.535 e. The maximum Gasteiger partial charge on any atom is 0.526 e. The second-order valence-corrected chi connectivity index (χ2v) is 5.44. The third kappa shape index (κ3) is 3.09. The summed E-state index contributed by atoms with van der Waals surface area (Å²) in [5, 5.41) is 19.3. The molecule has 0 unspecified atom stereocenters. The van der Waals surface area contributed by atoms with Crippen LogP contribution in [0.25, 0.3) is 0 Å². The van der Waals surface area contributed by atoms with Crippen LogP contribution in [0.5, 0.6) is 5.75 Å². The number of Topliss-reactive ketones (excluding diaryl/α,β-unsaturated/α-hetero) is 1. The number of ketones is 1. The van der Waals surface area contributed by atoms with E-state index in [1.165, 1.54) is 12.3 Å². The number of para-hydroxylation sites is 1. The van der Waals surface area contributed by atoms with Crippen LogP contribution >= 0.6 is 0 Å². The zero-order chi connectivity index (χ0) is 16.4. The number of fused-ring (bicyclic) bond motifs is 1. The van der Waals surface area contributed by atoms with Crippen molar-refractivity contribution >= 4 is 18.9 Å². The Labute approximate surface area is 132 Å². The summed E-state index contributed by atoms with van der Waals surface area (Å²) in [6, 6.07) is 8.14. The van der Waals surface area contributed by atoms with Gasteiger partial charge >= 0.3 is 13.1 Å². The van der Waals surface area contributed by atoms with E-state index >= 15 is 0 Å². The van der Waals surface area contributed by atoms with Gasteiger partial charge in [0.15, 0.2) is 5.78 Å². The average molecular weight is 311 g/mol. The Morgan fingerprint density at radius 2 is 2.13 bits per heavy atom. The molecule has 2 aromatic rings. The second-order valence-electron chi connectivity index (χ2n) is 5.44. The van der Waals surface area contributed by atoms with E-state index < -0.39 is 18.9 Å². The first-order valence-electron chi connectivity index (χ1n) is 7.19. The first-order valence-corrected chi connectivity index (χ1v) is 7.19. The summed E-state index contributed by atoms with van der Waals surface area (Å²) >= 11 is 0. The maximum atomic E-state index is 12.2. The van der Waals surface area contributed by atoms with E-state index in [9.17, 15) is 14.6 Å². The molecule has 6 nitrogen and oxygen atoms in total. The molecule has 1 aliphatic rings. The Kier molecular flexibility index (Phi) is 4.12. The first kappa shape index (κ1) is 15.2. The molecule has 0 aliphatic carbocycles. The number of aromatic nitrogens is 1. The van der Waals surface area contributed by atoms with E-state index in [2.05, 4.69) is 4.98 Å². The Morgan fingerprint density at radius 1 is 1.30 bits per heavy atom. The van der Waals surface area contributed by atoms with Crippen LogP contribution in [0.15, 0.2) is 42.7 Å². The smallest absolute Gasteiger partial charge is 0.526 e. The summed E-state index contributed by atoms with van der Waals surface area (Å²) < 4.78 is 5.38. The van der Waals surface area contributed by atoms with Gasteiger partial charge in [-0.25, -0.2) is 4.79 Å². The number of hydrogen-bond donors (Lipinski definition) is 2. The number of carboxylic acid groups (broad SMARTS) is 1. The molecule has 1 atom stereocenters. The zero-order valence-electron chi connectivity index (χ0n) is 12.2. The van der Waals surface area contributed by atoms with E-state index in [1.807, 2.05) is 0 Å². The molecule has 2 heterocycles. The number of carbonyl (C=O) groups is 2. The first-order chi connectivity index (χ1) is 11.1. The monoisotopic (exact) mass is 311 g/mol. The Hall–Kier alpha value is -2.67. The number of nitrogens with zero attached hydrogens (tertiary/aromatic N) is 1. The molecule has 0 bridgehead atoms. The van der Waals surface area contributed by atoms with Crippen molar-refractivity contribution in [2.24, 2.45) is 0 Å². The third-order valence-corrected chi connectivity index (χ3v) is 3.88. The molecule has 0 amide bonds.